The molecule has 5 unspecified atom stereocenters. The van der Waals surface area contributed by atoms with Crippen LogP contribution in [0.5, 0.6) is 0 Å². The van der Waals surface area contributed by atoms with E-state index in [4.69, 9.17) is 0 Å². The molecule has 5 atom stereocenters. The molecule has 0 spiro atoms. The van der Waals surface area contributed by atoms with E-state index in [1.807, 2.05) is 5.66 Å². The first-order chi connectivity index (χ1) is 10.2. The molecule has 1 rings (SSSR count). The number of hydrogen-bond donors (Lipinski definition) is 0. The minimum Gasteiger partial charge on any atom is -0.358 e. The summed E-state index contributed by atoms with van der Waals surface area (Å²) in [7, 11) is 2.26. The fourth-order valence-corrected chi connectivity index (χ4v) is 8.15. The van der Waals surface area contributed by atoms with Crippen LogP contribution in [0.15, 0.2) is 0 Å². The van der Waals surface area contributed by atoms with E-state index < -0.39 is 0 Å². The van der Waals surface area contributed by atoms with Crippen LogP contribution in [0.25, 0.3) is 0 Å². The van der Waals surface area contributed by atoms with Crippen LogP contribution in [-0.4, -0.2) is 17.0 Å². The van der Waals surface area contributed by atoms with E-state index in [0.717, 1.165) is 46.0 Å². The Balaban J connectivity index is -0.00000161. The standard InChI is InChI=1S/C20H41P2.2CH3.Ti/c1-9-16(7)20(17(8)10-2)12-18(21-14(3)4)11-19(13-20)22-15(5)6;;;/h14-18,21-22H,9-13H2,1-8H3;2*1H3;/q3*-1;+3. The van der Waals surface area contributed by atoms with Crippen molar-refractivity contribution < 1.29 is 21.7 Å². The molecule has 0 N–H and O–H groups in total. The zero-order valence-electron chi connectivity index (χ0n) is 18.9. The third-order valence-corrected chi connectivity index (χ3v) is 8.82. The third kappa shape index (κ3) is 9.08. The summed E-state index contributed by atoms with van der Waals surface area (Å²) in [6, 6.07) is 0. The molecule has 0 aliphatic heterocycles. The Morgan fingerprint density at radius 1 is 0.920 bits per heavy atom. The van der Waals surface area contributed by atoms with E-state index in [1.165, 1.54) is 32.1 Å². The van der Waals surface area contributed by atoms with Gasteiger partial charge < -0.3 is 14.9 Å². The Morgan fingerprint density at radius 3 is 1.76 bits per heavy atom. The molecule has 0 aromatic rings. The van der Waals surface area contributed by atoms with Gasteiger partial charge >= 0.3 is 21.7 Å². The van der Waals surface area contributed by atoms with Gasteiger partial charge in [0, 0.05) is 0 Å². The van der Waals surface area contributed by atoms with Crippen LogP contribution in [0, 0.1) is 37.8 Å². The van der Waals surface area contributed by atoms with Gasteiger partial charge in [-0.1, -0.05) is 79.3 Å². The van der Waals surface area contributed by atoms with E-state index >= 15 is 0 Å². The minimum atomic E-state index is 0. The Bertz CT molecular complexity index is 287. The van der Waals surface area contributed by atoms with Crippen molar-refractivity contribution in [3.63, 3.8) is 0 Å². The second-order valence-electron chi connectivity index (χ2n) is 8.36. The summed E-state index contributed by atoms with van der Waals surface area (Å²) < 4.78 is 0. The average Bonchev–Trinajstić information content (AvgIpc) is 2.43. The summed E-state index contributed by atoms with van der Waals surface area (Å²) in [6.07, 6.45) is 7.08. The largest absolute Gasteiger partial charge is 3.00 e. The topological polar surface area (TPSA) is 0 Å². The van der Waals surface area contributed by atoms with Crippen LogP contribution in [0.4, 0.5) is 0 Å². The van der Waals surface area contributed by atoms with Crippen LogP contribution in [0.1, 0.15) is 87.5 Å². The van der Waals surface area contributed by atoms with E-state index in [0.29, 0.717) is 5.41 Å². The maximum absolute atomic E-state index is 2.54. The zero-order valence-corrected chi connectivity index (χ0v) is 22.5. The average molecular weight is 421 g/mol. The van der Waals surface area contributed by atoms with Crippen LogP contribution in [-0.2, 0) is 21.7 Å². The fraction of sp³-hybridized carbons (Fsp3) is 0.864. The van der Waals surface area contributed by atoms with Gasteiger partial charge in [-0.05, 0) is 29.6 Å². The fourth-order valence-electron chi connectivity index (χ4n) is 4.53. The molecule has 1 aliphatic carbocycles. The van der Waals surface area contributed by atoms with Gasteiger partial charge in [0.2, 0.25) is 0 Å². The summed E-state index contributed by atoms with van der Waals surface area (Å²) in [5.41, 5.74) is 5.21. The summed E-state index contributed by atoms with van der Waals surface area (Å²) in [6.45, 7) is 19.6. The summed E-state index contributed by atoms with van der Waals surface area (Å²) in [5.74, 6) is 1.74. The molecule has 0 heterocycles. The molecule has 0 nitrogen and oxygen atoms in total. The van der Waals surface area contributed by atoms with Gasteiger partial charge in [0.1, 0.15) is 0 Å². The van der Waals surface area contributed by atoms with E-state index in [-0.39, 0.29) is 36.6 Å². The predicted molar refractivity (Wildman–Crippen MR) is 122 cm³/mol. The zero-order chi connectivity index (χ0) is 16.9. The normalized spacial score (nSPS) is 27.4. The molecule has 0 amide bonds. The Kier molecular flexibility index (Phi) is 18.2. The van der Waals surface area contributed by atoms with Crippen molar-refractivity contribution >= 4 is 17.2 Å². The van der Waals surface area contributed by atoms with Gasteiger partial charge in [-0.25, -0.2) is 0 Å². The van der Waals surface area contributed by atoms with Crippen LogP contribution in [0.3, 0.4) is 0 Å². The molecule has 0 bridgehead atoms. The van der Waals surface area contributed by atoms with Gasteiger partial charge in [-0.15, -0.1) is 8.58 Å². The Hall–Kier alpha value is 1.57. The molecule has 0 saturated heterocycles. The first-order valence-electron chi connectivity index (χ1n) is 9.62. The molecule has 1 fully saturated rings. The Labute approximate surface area is 180 Å². The summed E-state index contributed by atoms with van der Waals surface area (Å²) >= 11 is 0. The molecule has 3 heteroatoms. The molecule has 149 valence electrons. The van der Waals surface area contributed by atoms with E-state index in [9.17, 15) is 0 Å². The summed E-state index contributed by atoms with van der Waals surface area (Å²) in [5, 5.41) is 0. The molecule has 0 aromatic carbocycles. The molecular weight excluding hydrogens is 374 g/mol. The van der Waals surface area contributed by atoms with Crippen molar-refractivity contribution in [1.29, 1.82) is 0 Å². The molecule has 1 radical (unpaired) electrons. The third-order valence-electron chi connectivity index (χ3n) is 5.91. The predicted octanol–water partition coefficient (Wildman–Crippen LogP) is 8.22. The van der Waals surface area contributed by atoms with E-state index in [2.05, 4.69) is 55.4 Å². The van der Waals surface area contributed by atoms with Crippen molar-refractivity contribution in [1.82, 2.24) is 0 Å². The van der Waals surface area contributed by atoms with Crippen LogP contribution >= 0.6 is 17.2 Å². The molecule has 1 saturated carbocycles. The second kappa shape index (κ2) is 14.6. The van der Waals surface area contributed by atoms with Crippen molar-refractivity contribution in [2.75, 3.05) is 0 Å². The first-order valence-corrected chi connectivity index (χ1v) is 11.9. The monoisotopic (exact) mass is 421 g/mol. The van der Waals surface area contributed by atoms with Gasteiger partial charge in [0.25, 0.3) is 0 Å². The number of rotatable bonds is 8. The first kappa shape index (κ1) is 31.3. The van der Waals surface area contributed by atoms with Crippen molar-refractivity contribution in [2.24, 2.45) is 17.3 Å². The SMILES string of the molecule is CCC(C)C1(C(C)CC)C[C-](PC(C)C)CC(PC(C)C)C1.[CH3-].[CH3-].[Ti+3]. The molecular formula is C22H47P2Ti. The van der Waals surface area contributed by atoms with Crippen molar-refractivity contribution in [3.05, 3.63) is 20.5 Å². The van der Waals surface area contributed by atoms with Gasteiger partial charge in [0.15, 0.2) is 0 Å². The molecule has 25 heavy (non-hydrogen) atoms. The quantitative estimate of drug-likeness (QED) is 0.210. The molecule has 0 aromatic heterocycles. The van der Waals surface area contributed by atoms with Crippen LogP contribution in [0.2, 0.25) is 0 Å². The van der Waals surface area contributed by atoms with Gasteiger partial charge in [-0.3, -0.25) is 14.2 Å². The van der Waals surface area contributed by atoms with Gasteiger partial charge in [0.05, 0.1) is 0 Å². The Morgan fingerprint density at radius 2 is 1.40 bits per heavy atom. The van der Waals surface area contributed by atoms with Gasteiger partial charge in [-0.2, -0.15) is 12.8 Å². The summed E-state index contributed by atoms with van der Waals surface area (Å²) in [4.78, 5) is 0. The number of hydrogen-bond acceptors (Lipinski definition) is 0. The van der Waals surface area contributed by atoms with Crippen molar-refractivity contribution in [3.8, 4) is 0 Å². The maximum atomic E-state index is 2.54. The minimum absolute atomic E-state index is 0. The second-order valence-corrected chi connectivity index (χ2v) is 12.8. The van der Waals surface area contributed by atoms with Crippen LogP contribution < -0.4 is 0 Å². The smallest absolute Gasteiger partial charge is 0.358 e. The van der Waals surface area contributed by atoms with Crippen molar-refractivity contribution in [2.45, 2.75) is 104 Å². The maximum Gasteiger partial charge on any atom is 3.00 e. The molecule has 1 aliphatic rings. The van der Waals surface area contributed by atoms with E-state index in [1.54, 1.807) is 0 Å².